The Morgan fingerprint density at radius 1 is 1.21 bits per heavy atom. The fourth-order valence-corrected chi connectivity index (χ4v) is 4.54. The first-order valence-electron chi connectivity index (χ1n) is 7.98. The monoisotopic (exact) mass is 353 g/mol. The number of amides is 1. The molecule has 0 heterocycles. The molecule has 0 saturated heterocycles. The highest BCUT2D eigenvalue weighted by Gasteiger charge is 2.49. The number of anilines is 1. The third-order valence-corrected chi connectivity index (χ3v) is 6.72. The average molecular weight is 353 g/mol. The Bertz CT molecular complexity index is 718. The first-order chi connectivity index (χ1) is 11.2. The van der Waals surface area contributed by atoms with Gasteiger partial charge in [-0.2, -0.15) is 0 Å². The Balaban J connectivity index is 2.11. The Hall–Kier alpha value is -1.89. The van der Waals surface area contributed by atoms with Crippen LogP contribution < -0.4 is 5.32 Å². The minimum Gasteiger partial charge on any atom is -0.481 e. The molecule has 1 unspecified atom stereocenters. The fourth-order valence-electron chi connectivity index (χ4n) is 3.12. The van der Waals surface area contributed by atoms with Gasteiger partial charge in [-0.05, 0) is 37.0 Å². The number of nitrogens with one attached hydrogen (secondary N) is 1. The molecular formula is C17H23NO5S. The summed E-state index contributed by atoms with van der Waals surface area (Å²) in [6, 6.07) is 6.84. The summed E-state index contributed by atoms with van der Waals surface area (Å²) in [5.74, 6) is -1.82. The van der Waals surface area contributed by atoms with Crippen LogP contribution in [-0.4, -0.2) is 36.4 Å². The average Bonchev–Trinajstić information content (AvgIpc) is 2.99. The summed E-state index contributed by atoms with van der Waals surface area (Å²) in [5.41, 5.74) is 1.36. The second kappa shape index (κ2) is 6.93. The quantitative estimate of drug-likeness (QED) is 0.817. The molecule has 132 valence electrons. The highest BCUT2D eigenvalue weighted by molar-refractivity contribution is 7.92. The van der Waals surface area contributed by atoms with Crippen LogP contribution in [0.15, 0.2) is 24.3 Å². The summed E-state index contributed by atoms with van der Waals surface area (Å²) in [6.07, 6.45) is 3.68. The predicted molar refractivity (Wildman–Crippen MR) is 91.6 cm³/mol. The van der Waals surface area contributed by atoms with Gasteiger partial charge in [0, 0.05) is 11.9 Å². The fraction of sp³-hybridized carbons (Fsp3) is 0.529. The van der Waals surface area contributed by atoms with Crippen LogP contribution >= 0.6 is 0 Å². The van der Waals surface area contributed by atoms with Crippen LogP contribution in [0.3, 0.4) is 0 Å². The number of hydrogen-bond acceptors (Lipinski definition) is 4. The van der Waals surface area contributed by atoms with Gasteiger partial charge in [-0.25, -0.2) is 8.42 Å². The summed E-state index contributed by atoms with van der Waals surface area (Å²) < 4.78 is 22.9. The summed E-state index contributed by atoms with van der Waals surface area (Å²) >= 11 is 0. The number of carboxylic acid groups (broad SMARTS) is 1. The Kier molecular flexibility index (Phi) is 5.32. The van der Waals surface area contributed by atoms with Gasteiger partial charge in [-0.3, -0.25) is 9.59 Å². The number of carbonyl (C=O) groups is 2. The van der Waals surface area contributed by atoms with Crippen LogP contribution in [-0.2, 0) is 25.8 Å². The van der Waals surface area contributed by atoms with Gasteiger partial charge in [0.2, 0.25) is 5.91 Å². The van der Waals surface area contributed by atoms with Gasteiger partial charge in [0.15, 0.2) is 14.6 Å². The van der Waals surface area contributed by atoms with E-state index in [1.807, 2.05) is 0 Å². The van der Waals surface area contributed by atoms with E-state index in [0.717, 1.165) is 24.7 Å². The number of aliphatic carboxylic acids is 1. The lowest BCUT2D eigenvalue weighted by atomic mass is 10.0. The lowest BCUT2D eigenvalue weighted by Gasteiger charge is -2.25. The molecule has 1 atom stereocenters. The Morgan fingerprint density at radius 2 is 1.75 bits per heavy atom. The van der Waals surface area contributed by atoms with E-state index in [2.05, 4.69) is 5.32 Å². The van der Waals surface area contributed by atoms with Crippen LogP contribution in [0.5, 0.6) is 0 Å². The maximum Gasteiger partial charge on any atom is 0.306 e. The van der Waals surface area contributed by atoms with Crippen molar-refractivity contribution < 1.29 is 23.1 Å². The van der Waals surface area contributed by atoms with E-state index in [1.165, 1.54) is 0 Å². The molecule has 0 spiro atoms. The van der Waals surface area contributed by atoms with Gasteiger partial charge >= 0.3 is 5.97 Å². The zero-order valence-electron chi connectivity index (χ0n) is 13.9. The van der Waals surface area contributed by atoms with Gasteiger partial charge in [-0.1, -0.05) is 31.9 Å². The molecule has 0 aromatic heterocycles. The second-order valence-corrected chi connectivity index (χ2v) is 8.89. The number of hydrogen-bond donors (Lipinski definition) is 2. The maximum atomic E-state index is 12.6. The van der Waals surface area contributed by atoms with Crippen molar-refractivity contribution in [1.82, 2.24) is 0 Å². The third-order valence-electron chi connectivity index (χ3n) is 4.71. The van der Waals surface area contributed by atoms with Gasteiger partial charge in [0.25, 0.3) is 0 Å². The number of carboxylic acids is 1. The Morgan fingerprint density at radius 3 is 2.21 bits per heavy atom. The van der Waals surface area contributed by atoms with Crippen molar-refractivity contribution >= 4 is 27.4 Å². The zero-order valence-corrected chi connectivity index (χ0v) is 14.7. The van der Waals surface area contributed by atoms with E-state index in [9.17, 15) is 18.0 Å². The predicted octanol–water partition coefficient (Wildman–Crippen LogP) is 2.25. The van der Waals surface area contributed by atoms with Crippen molar-refractivity contribution in [3.8, 4) is 0 Å². The molecule has 24 heavy (non-hydrogen) atoms. The Labute approximate surface area is 142 Å². The van der Waals surface area contributed by atoms with Crippen molar-refractivity contribution in [1.29, 1.82) is 0 Å². The molecule has 1 saturated carbocycles. The minimum atomic E-state index is -3.49. The minimum absolute atomic E-state index is 0.353. The van der Waals surface area contributed by atoms with E-state index >= 15 is 0 Å². The van der Waals surface area contributed by atoms with Gasteiger partial charge < -0.3 is 10.4 Å². The number of rotatable bonds is 6. The van der Waals surface area contributed by atoms with Gasteiger partial charge in [-0.15, -0.1) is 0 Å². The normalized spacial score (nSPS) is 18.1. The summed E-state index contributed by atoms with van der Waals surface area (Å²) in [6.45, 7) is 1.63. The van der Waals surface area contributed by atoms with Crippen LogP contribution in [0.2, 0.25) is 0 Å². The van der Waals surface area contributed by atoms with Crippen molar-refractivity contribution in [2.45, 2.75) is 43.8 Å². The highest BCUT2D eigenvalue weighted by atomic mass is 32.2. The molecule has 1 fully saturated rings. The number of benzene rings is 1. The SMILES string of the molecule is CC(Cc1ccc(NC(=O)C2(S(C)(=O)=O)CCCC2)cc1)C(=O)O. The van der Waals surface area contributed by atoms with Crippen LogP contribution in [0.25, 0.3) is 0 Å². The molecule has 1 amide bonds. The largest absolute Gasteiger partial charge is 0.481 e. The van der Waals surface area contributed by atoms with Crippen LogP contribution in [0, 0.1) is 5.92 Å². The van der Waals surface area contributed by atoms with Crippen molar-refractivity contribution in [3.63, 3.8) is 0 Å². The molecule has 2 rings (SSSR count). The highest BCUT2D eigenvalue weighted by Crippen LogP contribution is 2.37. The molecule has 0 aliphatic heterocycles. The molecule has 1 aliphatic carbocycles. The second-order valence-electron chi connectivity index (χ2n) is 6.57. The molecule has 1 aliphatic rings. The number of sulfone groups is 1. The van der Waals surface area contributed by atoms with E-state index in [0.29, 0.717) is 24.9 Å². The first kappa shape index (κ1) is 18.4. The molecule has 1 aromatic carbocycles. The van der Waals surface area contributed by atoms with Crippen molar-refractivity contribution in [2.24, 2.45) is 5.92 Å². The molecule has 7 heteroatoms. The summed E-state index contributed by atoms with van der Waals surface area (Å²) in [4.78, 5) is 23.4. The molecule has 6 nitrogen and oxygen atoms in total. The third kappa shape index (κ3) is 3.77. The van der Waals surface area contributed by atoms with E-state index in [-0.39, 0.29) is 0 Å². The number of carbonyl (C=O) groups excluding carboxylic acids is 1. The van der Waals surface area contributed by atoms with E-state index in [1.54, 1.807) is 31.2 Å². The zero-order chi connectivity index (χ0) is 18.0. The molecule has 0 bridgehead atoms. The lowest BCUT2D eigenvalue weighted by Crippen LogP contribution is -2.47. The first-order valence-corrected chi connectivity index (χ1v) is 9.88. The summed E-state index contributed by atoms with van der Waals surface area (Å²) in [5, 5.41) is 11.6. The van der Waals surface area contributed by atoms with Crippen molar-refractivity contribution in [3.05, 3.63) is 29.8 Å². The topological polar surface area (TPSA) is 101 Å². The van der Waals surface area contributed by atoms with Crippen LogP contribution in [0.4, 0.5) is 5.69 Å². The standard InChI is InChI=1S/C17H23NO5S/c1-12(15(19)20)11-13-5-7-14(8-6-13)18-16(21)17(24(2,22)23)9-3-4-10-17/h5-8,12H,3-4,9-11H2,1-2H3,(H,18,21)(H,19,20). The molecule has 1 aromatic rings. The van der Waals surface area contributed by atoms with E-state index in [4.69, 9.17) is 5.11 Å². The van der Waals surface area contributed by atoms with Crippen molar-refractivity contribution in [2.75, 3.05) is 11.6 Å². The van der Waals surface area contributed by atoms with E-state index < -0.39 is 32.4 Å². The van der Waals surface area contributed by atoms with Crippen LogP contribution in [0.1, 0.15) is 38.2 Å². The molecule has 0 radical (unpaired) electrons. The smallest absolute Gasteiger partial charge is 0.306 e. The lowest BCUT2D eigenvalue weighted by molar-refractivity contribution is -0.141. The molecule has 2 N–H and O–H groups in total. The summed E-state index contributed by atoms with van der Waals surface area (Å²) in [7, 11) is -3.49. The van der Waals surface area contributed by atoms with Gasteiger partial charge in [0.1, 0.15) is 0 Å². The molecular weight excluding hydrogens is 330 g/mol. The maximum absolute atomic E-state index is 12.6. The van der Waals surface area contributed by atoms with Gasteiger partial charge in [0.05, 0.1) is 5.92 Å².